The molecule has 5 nitrogen and oxygen atoms in total. The molecule has 0 aliphatic carbocycles. The summed E-state index contributed by atoms with van der Waals surface area (Å²) in [4.78, 5) is 14.0. The van der Waals surface area contributed by atoms with Gasteiger partial charge >= 0.3 is 0 Å². The van der Waals surface area contributed by atoms with Crippen molar-refractivity contribution in [2.45, 2.75) is 19.5 Å². The molecule has 1 unspecified atom stereocenters. The Labute approximate surface area is 101 Å². The zero-order chi connectivity index (χ0) is 12.3. The fraction of sp³-hybridized carbons (Fsp3) is 0.583. The van der Waals surface area contributed by atoms with Crippen molar-refractivity contribution in [3.8, 4) is 0 Å². The first kappa shape index (κ1) is 12.1. The molecule has 0 aromatic carbocycles. The Hall–Kier alpha value is -1.33. The Balaban J connectivity index is 2.18. The van der Waals surface area contributed by atoms with Crippen LogP contribution in [0.15, 0.2) is 18.3 Å². The molecule has 0 saturated carbocycles. The Bertz CT molecular complexity index is 389. The summed E-state index contributed by atoms with van der Waals surface area (Å²) in [6, 6.07) is 3.46. The van der Waals surface area contributed by atoms with Crippen molar-refractivity contribution in [3.05, 3.63) is 24.0 Å². The van der Waals surface area contributed by atoms with E-state index in [4.69, 9.17) is 4.74 Å². The molecule has 1 aromatic rings. The molecule has 1 N–H and O–H groups in total. The van der Waals surface area contributed by atoms with E-state index in [2.05, 4.69) is 0 Å². The fourth-order valence-corrected chi connectivity index (χ4v) is 2.10. The van der Waals surface area contributed by atoms with E-state index in [1.807, 2.05) is 29.8 Å². The third kappa shape index (κ3) is 2.35. The van der Waals surface area contributed by atoms with Crippen molar-refractivity contribution in [3.63, 3.8) is 0 Å². The van der Waals surface area contributed by atoms with E-state index >= 15 is 0 Å². The number of hydrogen-bond acceptors (Lipinski definition) is 3. The number of ether oxygens (including phenoxy) is 1. The molecule has 94 valence electrons. The van der Waals surface area contributed by atoms with Crippen LogP contribution in [-0.2, 0) is 11.3 Å². The second kappa shape index (κ2) is 5.33. The number of aromatic nitrogens is 1. The lowest BCUT2D eigenvalue weighted by Gasteiger charge is -2.34. The molecule has 1 aliphatic rings. The molecule has 0 spiro atoms. The molecule has 5 heteroatoms. The highest BCUT2D eigenvalue weighted by molar-refractivity contribution is 5.93. The summed E-state index contributed by atoms with van der Waals surface area (Å²) in [5.74, 6) is -0.0285. The second-order valence-electron chi connectivity index (χ2n) is 4.09. The Morgan fingerprint density at radius 1 is 1.65 bits per heavy atom. The smallest absolute Gasteiger partial charge is 0.270 e. The monoisotopic (exact) mass is 238 g/mol. The summed E-state index contributed by atoms with van der Waals surface area (Å²) in [5.41, 5.74) is 0.674. The number of aliphatic hydroxyl groups is 1. The highest BCUT2D eigenvalue weighted by Crippen LogP contribution is 2.13. The molecule has 1 aromatic heterocycles. The number of hydrogen-bond donors (Lipinski definition) is 1. The van der Waals surface area contributed by atoms with Crippen LogP contribution in [0.5, 0.6) is 0 Å². The van der Waals surface area contributed by atoms with Crippen molar-refractivity contribution in [2.24, 2.45) is 0 Å². The first-order valence-electron chi connectivity index (χ1n) is 5.92. The van der Waals surface area contributed by atoms with E-state index in [-0.39, 0.29) is 18.6 Å². The zero-order valence-corrected chi connectivity index (χ0v) is 10.0. The van der Waals surface area contributed by atoms with Crippen molar-refractivity contribution in [2.75, 3.05) is 26.4 Å². The van der Waals surface area contributed by atoms with Gasteiger partial charge in [-0.3, -0.25) is 4.79 Å². The van der Waals surface area contributed by atoms with Gasteiger partial charge in [-0.2, -0.15) is 0 Å². The number of rotatable bonds is 3. The maximum Gasteiger partial charge on any atom is 0.270 e. The van der Waals surface area contributed by atoms with Gasteiger partial charge in [-0.05, 0) is 19.1 Å². The summed E-state index contributed by atoms with van der Waals surface area (Å²) in [6.45, 7) is 4.20. The summed E-state index contributed by atoms with van der Waals surface area (Å²) in [6.07, 6.45) is 1.89. The number of aliphatic hydroxyl groups excluding tert-OH is 1. The van der Waals surface area contributed by atoms with E-state index in [1.165, 1.54) is 0 Å². The first-order chi connectivity index (χ1) is 8.27. The minimum atomic E-state index is -0.226. The van der Waals surface area contributed by atoms with Crippen LogP contribution in [0.2, 0.25) is 0 Å². The molecular formula is C12H18N2O3. The molecule has 2 rings (SSSR count). The van der Waals surface area contributed by atoms with E-state index in [1.54, 1.807) is 4.90 Å². The van der Waals surface area contributed by atoms with Gasteiger partial charge in [0.05, 0.1) is 25.9 Å². The van der Waals surface area contributed by atoms with Crippen molar-refractivity contribution >= 4 is 5.91 Å². The summed E-state index contributed by atoms with van der Waals surface area (Å²) in [7, 11) is 0. The second-order valence-corrected chi connectivity index (χ2v) is 4.09. The topological polar surface area (TPSA) is 54.7 Å². The predicted octanol–water partition coefficient (Wildman–Crippen LogP) is 0.341. The minimum absolute atomic E-state index is 0.0285. The molecule has 0 bridgehead atoms. The van der Waals surface area contributed by atoms with Crippen molar-refractivity contribution < 1.29 is 14.6 Å². The summed E-state index contributed by atoms with van der Waals surface area (Å²) >= 11 is 0. The molecule has 0 radical (unpaired) electrons. The Kier molecular flexibility index (Phi) is 3.81. The van der Waals surface area contributed by atoms with Crippen LogP contribution in [0.1, 0.15) is 17.4 Å². The van der Waals surface area contributed by atoms with E-state index in [9.17, 15) is 9.90 Å². The normalized spacial score (nSPS) is 20.6. The largest absolute Gasteiger partial charge is 0.394 e. The van der Waals surface area contributed by atoms with Crippen LogP contribution in [0.25, 0.3) is 0 Å². The van der Waals surface area contributed by atoms with Gasteiger partial charge in [-0.15, -0.1) is 0 Å². The van der Waals surface area contributed by atoms with E-state index in [0.29, 0.717) is 25.5 Å². The highest BCUT2D eigenvalue weighted by atomic mass is 16.5. The molecule has 1 aliphatic heterocycles. The van der Waals surface area contributed by atoms with Crippen molar-refractivity contribution in [1.29, 1.82) is 0 Å². The molecule has 2 heterocycles. The summed E-state index contributed by atoms with van der Waals surface area (Å²) < 4.78 is 7.18. The number of amides is 1. The van der Waals surface area contributed by atoms with Crippen molar-refractivity contribution in [1.82, 2.24) is 9.47 Å². The lowest BCUT2D eigenvalue weighted by Crippen LogP contribution is -2.50. The third-order valence-electron chi connectivity index (χ3n) is 3.09. The van der Waals surface area contributed by atoms with Gasteiger partial charge in [-0.25, -0.2) is 0 Å². The molecule has 1 saturated heterocycles. The SMILES string of the molecule is CCn1cccc1C(=O)N1CCOCC1CO. The van der Waals surface area contributed by atoms with Gasteiger partial charge in [0.1, 0.15) is 5.69 Å². The van der Waals surface area contributed by atoms with E-state index in [0.717, 1.165) is 6.54 Å². The first-order valence-corrected chi connectivity index (χ1v) is 5.92. The number of nitrogens with zero attached hydrogens (tertiary/aromatic N) is 2. The summed E-state index contributed by atoms with van der Waals surface area (Å²) in [5, 5.41) is 9.25. The van der Waals surface area contributed by atoms with Gasteiger partial charge in [0, 0.05) is 19.3 Å². The molecule has 17 heavy (non-hydrogen) atoms. The Morgan fingerprint density at radius 2 is 2.47 bits per heavy atom. The molecule has 1 fully saturated rings. The van der Waals surface area contributed by atoms with Crippen LogP contribution >= 0.6 is 0 Å². The van der Waals surface area contributed by atoms with Gasteiger partial charge in [0.15, 0.2) is 0 Å². The standard InChI is InChI=1S/C12H18N2O3/c1-2-13-5-3-4-11(13)12(16)14-6-7-17-9-10(14)8-15/h3-5,10,15H,2,6-9H2,1H3. The third-order valence-corrected chi connectivity index (χ3v) is 3.09. The van der Waals surface area contributed by atoms with Gasteiger partial charge < -0.3 is 19.3 Å². The van der Waals surface area contributed by atoms with Crippen LogP contribution < -0.4 is 0 Å². The highest BCUT2D eigenvalue weighted by Gasteiger charge is 2.28. The number of carbonyl (C=O) groups is 1. The van der Waals surface area contributed by atoms with Gasteiger partial charge in [0.2, 0.25) is 0 Å². The lowest BCUT2D eigenvalue weighted by molar-refractivity contribution is -0.0188. The van der Waals surface area contributed by atoms with Gasteiger partial charge in [-0.1, -0.05) is 0 Å². The van der Waals surface area contributed by atoms with Crippen LogP contribution in [-0.4, -0.2) is 52.9 Å². The van der Waals surface area contributed by atoms with Gasteiger partial charge in [0.25, 0.3) is 5.91 Å². The molecular weight excluding hydrogens is 220 g/mol. The lowest BCUT2D eigenvalue weighted by atomic mass is 10.2. The average molecular weight is 238 g/mol. The number of aryl methyl sites for hydroxylation is 1. The molecule has 1 amide bonds. The predicted molar refractivity (Wildman–Crippen MR) is 62.8 cm³/mol. The number of morpholine rings is 1. The minimum Gasteiger partial charge on any atom is -0.394 e. The fourth-order valence-electron chi connectivity index (χ4n) is 2.10. The quantitative estimate of drug-likeness (QED) is 0.826. The van der Waals surface area contributed by atoms with E-state index < -0.39 is 0 Å². The maximum atomic E-state index is 12.3. The number of carbonyl (C=O) groups excluding carboxylic acids is 1. The van der Waals surface area contributed by atoms with Crippen LogP contribution in [0.3, 0.4) is 0 Å². The average Bonchev–Trinajstić information content (AvgIpc) is 2.86. The van der Waals surface area contributed by atoms with Crippen LogP contribution in [0, 0.1) is 0 Å². The zero-order valence-electron chi connectivity index (χ0n) is 10.0. The Morgan fingerprint density at radius 3 is 3.18 bits per heavy atom. The van der Waals surface area contributed by atoms with Crippen LogP contribution in [0.4, 0.5) is 0 Å². The maximum absolute atomic E-state index is 12.3. The molecule has 1 atom stereocenters.